The first-order valence-corrected chi connectivity index (χ1v) is 8.49. The number of rotatable bonds is 7. The molecule has 1 aromatic heterocycles. The Hall–Kier alpha value is -3.02. The van der Waals surface area contributed by atoms with Gasteiger partial charge in [-0.2, -0.15) is 0 Å². The number of carbonyl (C=O) groups is 1. The normalized spacial score (nSPS) is 10.8. The van der Waals surface area contributed by atoms with E-state index in [1.54, 1.807) is 18.2 Å². The lowest BCUT2D eigenvalue weighted by Gasteiger charge is -2.12. The number of esters is 1. The van der Waals surface area contributed by atoms with Crippen molar-refractivity contribution in [1.82, 2.24) is 4.57 Å². The van der Waals surface area contributed by atoms with Crippen molar-refractivity contribution in [2.45, 2.75) is 26.8 Å². The third-order valence-electron chi connectivity index (χ3n) is 4.11. The molecule has 0 saturated heterocycles. The second-order valence-electron chi connectivity index (χ2n) is 6.03. The standard InChI is InChI=1S/C20H21NO5/c1-14-6-5-7-15(2)19(14)25-13-12-24-18(22)10-11-21-16-8-3-4-9-17(16)26-20(21)23/h3-9H,10-13H2,1-2H3. The van der Waals surface area contributed by atoms with Gasteiger partial charge in [-0.15, -0.1) is 0 Å². The predicted octanol–water partition coefficient (Wildman–Crippen LogP) is 3.22. The van der Waals surface area contributed by atoms with Crippen molar-refractivity contribution < 1.29 is 18.7 Å². The molecule has 136 valence electrons. The summed E-state index contributed by atoms with van der Waals surface area (Å²) in [5.74, 6) is -0.0374. The number of aromatic nitrogens is 1. The monoisotopic (exact) mass is 355 g/mol. The summed E-state index contributed by atoms with van der Waals surface area (Å²) in [7, 11) is 0. The molecule has 0 bridgehead atoms. The Labute approximate surface area is 150 Å². The van der Waals surface area contributed by atoms with E-state index >= 15 is 0 Å². The summed E-state index contributed by atoms with van der Waals surface area (Å²) in [4.78, 5) is 23.8. The van der Waals surface area contributed by atoms with Crippen LogP contribution in [-0.4, -0.2) is 23.8 Å². The molecule has 0 amide bonds. The summed E-state index contributed by atoms with van der Waals surface area (Å²) in [6, 6.07) is 13.0. The van der Waals surface area contributed by atoms with Crippen LogP contribution in [0.15, 0.2) is 51.7 Å². The first-order valence-electron chi connectivity index (χ1n) is 8.49. The fraction of sp³-hybridized carbons (Fsp3) is 0.300. The number of fused-ring (bicyclic) bond motifs is 1. The summed E-state index contributed by atoms with van der Waals surface area (Å²) in [5.41, 5.74) is 3.27. The summed E-state index contributed by atoms with van der Waals surface area (Å²) in [5, 5.41) is 0. The van der Waals surface area contributed by atoms with E-state index in [9.17, 15) is 9.59 Å². The molecule has 0 aliphatic heterocycles. The molecule has 0 fully saturated rings. The first kappa shape index (κ1) is 17.8. The Morgan fingerprint density at radius 1 is 1.04 bits per heavy atom. The number of carbonyl (C=O) groups excluding carboxylic acids is 1. The van der Waals surface area contributed by atoms with E-state index < -0.39 is 5.76 Å². The lowest BCUT2D eigenvalue weighted by molar-refractivity contribution is -0.144. The Balaban J connectivity index is 1.47. The molecule has 1 heterocycles. The number of nitrogens with zero attached hydrogens (tertiary/aromatic N) is 1. The van der Waals surface area contributed by atoms with Crippen LogP contribution in [0.25, 0.3) is 11.1 Å². The van der Waals surface area contributed by atoms with Crippen molar-refractivity contribution in [3.05, 3.63) is 64.1 Å². The number of oxazole rings is 1. The van der Waals surface area contributed by atoms with E-state index in [-0.39, 0.29) is 32.1 Å². The van der Waals surface area contributed by atoms with E-state index in [4.69, 9.17) is 13.9 Å². The van der Waals surface area contributed by atoms with Gasteiger partial charge in [-0.25, -0.2) is 4.79 Å². The highest BCUT2D eigenvalue weighted by molar-refractivity contribution is 5.73. The minimum Gasteiger partial charge on any atom is -0.489 e. The van der Waals surface area contributed by atoms with Crippen molar-refractivity contribution in [2.24, 2.45) is 0 Å². The van der Waals surface area contributed by atoms with E-state index in [0.29, 0.717) is 11.1 Å². The largest absolute Gasteiger partial charge is 0.489 e. The van der Waals surface area contributed by atoms with Crippen molar-refractivity contribution in [2.75, 3.05) is 13.2 Å². The molecule has 0 spiro atoms. The average Bonchev–Trinajstić information content (AvgIpc) is 2.94. The van der Waals surface area contributed by atoms with Crippen molar-refractivity contribution >= 4 is 17.1 Å². The number of ether oxygens (including phenoxy) is 2. The topological polar surface area (TPSA) is 70.7 Å². The Bertz CT molecular complexity index is 949. The Morgan fingerprint density at radius 2 is 1.77 bits per heavy atom. The number of benzene rings is 2. The number of hydrogen-bond donors (Lipinski definition) is 0. The molecule has 0 aliphatic rings. The average molecular weight is 355 g/mol. The van der Waals surface area contributed by atoms with Gasteiger partial charge in [0.25, 0.3) is 0 Å². The summed E-state index contributed by atoms with van der Waals surface area (Å²) in [6.07, 6.45) is 0.0901. The van der Waals surface area contributed by atoms with Gasteiger partial charge in [0.1, 0.15) is 19.0 Å². The molecule has 0 unspecified atom stereocenters. The molecule has 6 heteroatoms. The van der Waals surface area contributed by atoms with Gasteiger partial charge in [0.05, 0.1) is 11.9 Å². The van der Waals surface area contributed by atoms with Gasteiger partial charge < -0.3 is 13.9 Å². The predicted molar refractivity (Wildman–Crippen MR) is 97.5 cm³/mol. The maximum Gasteiger partial charge on any atom is 0.419 e. The zero-order valence-corrected chi connectivity index (χ0v) is 14.9. The quantitative estimate of drug-likeness (QED) is 0.481. The molecule has 0 aliphatic carbocycles. The molecular formula is C20H21NO5. The summed E-state index contributed by atoms with van der Waals surface area (Å²) < 4.78 is 17.5. The van der Waals surface area contributed by atoms with Gasteiger partial charge in [0.15, 0.2) is 5.58 Å². The molecule has 0 atom stereocenters. The lowest BCUT2D eigenvalue weighted by atomic mass is 10.1. The van der Waals surface area contributed by atoms with Crippen LogP contribution < -0.4 is 10.5 Å². The van der Waals surface area contributed by atoms with E-state index in [0.717, 1.165) is 16.9 Å². The molecule has 0 saturated carbocycles. The van der Waals surface area contributed by atoms with Gasteiger partial charge in [-0.05, 0) is 37.1 Å². The fourth-order valence-electron chi connectivity index (χ4n) is 2.83. The zero-order chi connectivity index (χ0) is 18.5. The fourth-order valence-corrected chi connectivity index (χ4v) is 2.83. The molecule has 2 aromatic carbocycles. The van der Waals surface area contributed by atoms with Crippen LogP contribution in [-0.2, 0) is 16.1 Å². The molecule has 0 radical (unpaired) electrons. The van der Waals surface area contributed by atoms with Crippen LogP contribution in [0, 0.1) is 13.8 Å². The molecule has 3 rings (SSSR count). The molecule has 26 heavy (non-hydrogen) atoms. The molecule has 3 aromatic rings. The SMILES string of the molecule is Cc1cccc(C)c1OCCOC(=O)CCn1c(=O)oc2ccccc21. The van der Waals surface area contributed by atoms with E-state index in [1.165, 1.54) is 4.57 Å². The third kappa shape index (κ3) is 3.96. The third-order valence-corrected chi connectivity index (χ3v) is 4.11. The summed E-state index contributed by atoms with van der Waals surface area (Å²) in [6.45, 7) is 4.61. The van der Waals surface area contributed by atoms with Crippen LogP contribution >= 0.6 is 0 Å². The van der Waals surface area contributed by atoms with E-state index in [2.05, 4.69) is 0 Å². The van der Waals surface area contributed by atoms with Crippen LogP contribution in [0.3, 0.4) is 0 Å². The minimum atomic E-state index is -0.475. The summed E-state index contributed by atoms with van der Waals surface area (Å²) >= 11 is 0. The first-order chi connectivity index (χ1) is 12.6. The maximum absolute atomic E-state index is 11.9. The van der Waals surface area contributed by atoms with Gasteiger partial charge >= 0.3 is 11.7 Å². The highest BCUT2D eigenvalue weighted by Gasteiger charge is 2.11. The maximum atomic E-state index is 11.9. The van der Waals surface area contributed by atoms with E-state index in [1.807, 2.05) is 38.1 Å². The Morgan fingerprint density at radius 3 is 2.54 bits per heavy atom. The number of para-hydroxylation sites is 3. The lowest BCUT2D eigenvalue weighted by Crippen LogP contribution is -2.19. The Kier molecular flexibility index (Phi) is 5.41. The van der Waals surface area contributed by atoms with Crippen LogP contribution in [0.4, 0.5) is 0 Å². The van der Waals surface area contributed by atoms with Gasteiger partial charge in [-0.1, -0.05) is 30.3 Å². The van der Waals surface area contributed by atoms with Crippen LogP contribution in [0.1, 0.15) is 17.5 Å². The number of aryl methyl sites for hydroxylation is 3. The molecule has 0 N–H and O–H groups in total. The van der Waals surface area contributed by atoms with Gasteiger partial charge in [0.2, 0.25) is 0 Å². The van der Waals surface area contributed by atoms with Crippen LogP contribution in [0.2, 0.25) is 0 Å². The minimum absolute atomic E-state index is 0.0901. The second-order valence-corrected chi connectivity index (χ2v) is 6.03. The second kappa shape index (κ2) is 7.91. The zero-order valence-electron chi connectivity index (χ0n) is 14.9. The smallest absolute Gasteiger partial charge is 0.419 e. The highest BCUT2D eigenvalue weighted by Crippen LogP contribution is 2.22. The van der Waals surface area contributed by atoms with Crippen molar-refractivity contribution in [3.63, 3.8) is 0 Å². The van der Waals surface area contributed by atoms with Gasteiger partial charge in [-0.3, -0.25) is 9.36 Å². The number of hydrogen-bond acceptors (Lipinski definition) is 5. The van der Waals surface area contributed by atoms with Gasteiger partial charge in [0, 0.05) is 6.54 Å². The molecular weight excluding hydrogens is 334 g/mol. The van der Waals surface area contributed by atoms with Crippen molar-refractivity contribution in [3.8, 4) is 5.75 Å². The molecule has 6 nitrogen and oxygen atoms in total. The van der Waals surface area contributed by atoms with Crippen LogP contribution in [0.5, 0.6) is 5.75 Å². The van der Waals surface area contributed by atoms with Crippen molar-refractivity contribution in [1.29, 1.82) is 0 Å². The highest BCUT2D eigenvalue weighted by atomic mass is 16.6.